The number of hydrogen-bond acceptors (Lipinski definition) is 5. The SMILES string of the molecule is CCc1ncc(C(=O)N(C)C2CCS(=O)(=O)CC2)cn1. The number of aryl methyl sites for hydroxylation is 1. The average Bonchev–Trinajstić information content (AvgIpc) is 2.46. The van der Waals surface area contributed by atoms with Gasteiger partial charge in [-0.2, -0.15) is 0 Å². The minimum Gasteiger partial charge on any atom is -0.339 e. The summed E-state index contributed by atoms with van der Waals surface area (Å²) in [7, 11) is -1.20. The van der Waals surface area contributed by atoms with E-state index in [-0.39, 0.29) is 23.5 Å². The van der Waals surface area contributed by atoms with Gasteiger partial charge < -0.3 is 4.90 Å². The monoisotopic (exact) mass is 297 g/mol. The van der Waals surface area contributed by atoms with Crippen LogP contribution in [0.25, 0.3) is 0 Å². The number of carbonyl (C=O) groups excluding carboxylic acids is 1. The summed E-state index contributed by atoms with van der Waals surface area (Å²) in [5, 5.41) is 0. The molecule has 0 aliphatic carbocycles. The molecule has 1 aliphatic heterocycles. The van der Waals surface area contributed by atoms with E-state index >= 15 is 0 Å². The van der Waals surface area contributed by atoms with Gasteiger partial charge in [0, 0.05) is 31.9 Å². The number of sulfone groups is 1. The Labute approximate surface area is 119 Å². The van der Waals surface area contributed by atoms with Crippen LogP contribution in [0.5, 0.6) is 0 Å². The van der Waals surface area contributed by atoms with Crippen LogP contribution < -0.4 is 0 Å². The highest BCUT2D eigenvalue weighted by molar-refractivity contribution is 7.91. The molecule has 0 aromatic carbocycles. The molecule has 110 valence electrons. The van der Waals surface area contributed by atoms with Crippen molar-refractivity contribution in [3.63, 3.8) is 0 Å². The zero-order valence-corrected chi connectivity index (χ0v) is 12.6. The summed E-state index contributed by atoms with van der Waals surface area (Å²) < 4.78 is 22.8. The Bertz CT molecular complexity index is 569. The van der Waals surface area contributed by atoms with Crippen molar-refractivity contribution in [1.82, 2.24) is 14.9 Å². The van der Waals surface area contributed by atoms with Gasteiger partial charge in [-0.15, -0.1) is 0 Å². The van der Waals surface area contributed by atoms with Gasteiger partial charge in [0.05, 0.1) is 17.1 Å². The third-order valence-electron chi connectivity index (χ3n) is 3.66. The first-order valence-corrected chi connectivity index (χ1v) is 8.53. The molecule has 0 bridgehead atoms. The Morgan fingerprint density at radius 2 is 1.85 bits per heavy atom. The molecule has 1 aliphatic rings. The molecule has 0 saturated carbocycles. The first-order chi connectivity index (χ1) is 9.43. The highest BCUT2D eigenvalue weighted by Crippen LogP contribution is 2.18. The standard InChI is InChI=1S/C13H19N3O3S/c1-3-12-14-8-10(9-15-12)13(17)16(2)11-4-6-20(18,19)7-5-11/h8-9,11H,3-7H2,1-2H3. The van der Waals surface area contributed by atoms with E-state index in [9.17, 15) is 13.2 Å². The van der Waals surface area contributed by atoms with Crippen LogP contribution in [-0.2, 0) is 16.3 Å². The highest BCUT2D eigenvalue weighted by Gasteiger charge is 2.29. The van der Waals surface area contributed by atoms with Crippen LogP contribution in [-0.4, -0.2) is 53.8 Å². The van der Waals surface area contributed by atoms with Crippen LogP contribution in [0.2, 0.25) is 0 Å². The summed E-state index contributed by atoms with van der Waals surface area (Å²) in [6.07, 6.45) is 4.79. The van der Waals surface area contributed by atoms with Gasteiger partial charge in [0.1, 0.15) is 15.7 Å². The lowest BCUT2D eigenvalue weighted by Gasteiger charge is -2.31. The topological polar surface area (TPSA) is 80.2 Å². The number of amides is 1. The Hall–Kier alpha value is -1.50. The van der Waals surface area contributed by atoms with Crippen molar-refractivity contribution in [2.75, 3.05) is 18.6 Å². The third kappa shape index (κ3) is 3.33. The van der Waals surface area contributed by atoms with Crippen LogP contribution in [0.1, 0.15) is 35.9 Å². The number of carbonyl (C=O) groups is 1. The second-order valence-corrected chi connectivity index (χ2v) is 7.34. The molecule has 1 saturated heterocycles. The quantitative estimate of drug-likeness (QED) is 0.820. The zero-order chi connectivity index (χ0) is 14.8. The van der Waals surface area contributed by atoms with Crippen LogP contribution in [0.3, 0.4) is 0 Å². The van der Waals surface area contributed by atoms with Crippen LogP contribution in [0.4, 0.5) is 0 Å². The molecule has 0 spiro atoms. The van der Waals surface area contributed by atoms with E-state index in [1.807, 2.05) is 6.92 Å². The zero-order valence-electron chi connectivity index (χ0n) is 11.7. The summed E-state index contributed by atoms with van der Waals surface area (Å²) in [5.41, 5.74) is 0.443. The van der Waals surface area contributed by atoms with E-state index in [1.54, 1.807) is 11.9 Å². The molecular weight excluding hydrogens is 278 g/mol. The number of aromatic nitrogens is 2. The van der Waals surface area contributed by atoms with Gasteiger partial charge in [-0.1, -0.05) is 6.92 Å². The van der Waals surface area contributed by atoms with Gasteiger partial charge in [0.2, 0.25) is 0 Å². The molecule has 2 heterocycles. The lowest BCUT2D eigenvalue weighted by Crippen LogP contribution is -2.42. The van der Waals surface area contributed by atoms with Crippen LogP contribution in [0, 0.1) is 0 Å². The summed E-state index contributed by atoms with van der Waals surface area (Å²) in [5.74, 6) is 0.853. The molecule has 20 heavy (non-hydrogen) atoms. The molecule has 1 fully saturated rings. The molecule has 0 N–H and O–H groups in total. The maximum absolute atomic E-state index is 12.3. The molecule has 6 nitrogen and oxygen atoms in total. The molecule has 1 aromatic rings. The largest absolute Gasteiger partial charge is 0.339 e. The van der Waals surface area contributed by atoms with Gasteiger partial charge in [-0.25, -0.2) is 18.4 Å². The Morgan fingerprint density at radius 3 is 2.35 bits per heavy atom. The number of nitrogens with zero attached hydrogens (tertiary/aromatic N) is 3. The van der Waals surface area contributed by atoms with E-state index in [2.05, 4.69) is 9.97 Å². The minimum absolute atomic E-state index is 0.0307. The molecule has 1 amide bonds. The summed E-state index contributed by atoms with van der Waals surface area (Å²) in [6.45, 7) is 1.95. The fraction of sp³-hybridized carbons (Fsp3) is 0.615. The molecule has 0 radical (unpaired) electrons. The van der Waals surface area contributed by atoms with Crippen LogP contribution >= 0.6 is 0 Å². The minimum atomic E-state index is -2.91. The van der Waals surface area contributed by atoms with E-state index in [0.717, 1.165) is 6.42 Å². The lowest BCUT2D eigenvalue weighted by molar-refractivity contribution is 0.0721. The van der Waals surface area contributed by atoms with E-state index < -0.39 is 9.84 Å². The van der Waals surface area contributed by atoms with Gasteiger partial charge >= 0.3 is 0 Å². The van der Waals surface area contributed by atoms with Gasteiger partial charge in [-0.3, -0.25) is 4.79 Å². The predicted octanol–water partition coefficient (Wildman–Crippen LogP) is 0.688. The molecule has 7 heteroatoms. The van der Waals surface area contributed by atoms with E-state index in [1.165, 1.54) is 12.4 Å². The number of hydrogen-bond donors (Lipinski definition) is 0. The first kappa shape index (κ1) is 14.9. The van der Waals surface area contributed by atoms with Crippen molar-refractivity contribution in [2.24, 2.45) is 0 Å². The van der Waals surface area contributed by atoms with E-state index in [0.29, 0.717) is 24.2 Å². The Morgan fingerprint density at radius 1 is 1.30 bits per heavy atom. The molecule has 0 atom stereocenters. The summed E-state index contributed by atoms with van der Waals surface area (Å²) >= 11 is 0. The van der Waals surface area contributed by atoms with Gasteiger partial charge in [0.15, 0.2) is 0 Å². The maximum atomic E-state index is 12.3. The molecule has 1 aromatic heterocycles. The molecule has 2 rings (SSSR count). The number of rotatable bonds is 3. The second kappa shape index (κ2) is 5.87. The van der Waals surface area contributed by atoms with Crippen molar-refractivity contribution < 1.29 is 13.2 Å². The van der Waals surface area contributed by atoms with Crippen molar-refractivity contribution in [3.8, 4) is 0 Å². The first-order valence-electron chi connectivity index (χ1n) is 6.71. The molecule has 0 unspecified atom stereocenters. The predicted molar refractivity (Wildman–Crippen MR) is 75.2 cm³/mol. The lowest BCUT2D eigenvalue weighted by atomic mass is 10.1. The Kier molecular flexibility index (Phi) is 4.37. The fourth-order valence-electron chi connectivity index (χ4n) is 2.28. The fourth-order valence-corrected chi connectivity index (χ4v) is 3.75. The van der Waals surface area contributed by atoms with Crippen LogP contribution in [0.15, 0.2) is 12.4 Å². The summed E-state index contributed by atoms with van der Waals surface area (Å²) in [6, 6.07) is -0.0307. The van der Waals surface area contributed by atoms with Crippen molar-refractivity contribution in [3.05, 3.63) is 23.8 Å². The van der Waals surface area contributed by atoms with Gasteiger partial charge in [-0.05, 0) is 12.8 Å². The summed E-state index contributed by atoms with van der Waals surface area (Å²) in [4.78, 5) is 22.1. The third-order valence-corrected chi connectivity index (χ3v) is 5.38. The normalized spacial score (nSPS) is 18.7. The van der Waals surface area contributed by atoms with Crippen molar-refractivity contribution in [1.29, 1.82) is 0 Å². The van der Waals surface area contributed by atoms with Crippen molar-refractivity contribution in [2.45, 2.75) is 32.2 Å². The van der Waals surface area contributed by atoms with Gasteiger partial charge in [0.25, 0.3) is 5.91 Å². The maximum Gasteiger partial charge on any atom is 0.256 e. The average molecular weight is 297 g/mol. The molecular formula is C13H19N3O3S. The van der Waals surface area contributed by atoms with E-state index in [4.69, 9.17) is 0 Å². The Balaban J connectivity index is 2.04. The van der Waals surface area contributed by atoms with Crippen molar-refractivity contribution >= 4 is 15.7 Å². The highest BCUT2D eigenvalue weighted by atomic mass is 32.2. The smallest absolute Gasteiger partial charge is 0.256 e. The second-order valence-electron chi connectivity index (χ2n) is 5.04.